The first-order valence-electron chi connectivity index (χ1n) is 9.52. The number of benzene rings is 1. The van der Waals surface area contributed by atoms with Gasteiger partial charge in [-0.15, -0.1) is 0 Å². The highest BCUT2D eigenvalue weighted by molar-refractivity contribution is 9.08. The lowest BCUT2D eigenvalue weighted by Gasteiger charge is -2.30. The van der Waals surface area contributed by atoms with Gasteiger partial charge in [0.25, 0.3) is 5.91 Å². The third kappa shape index (κ3) is 3.90. The average Bonchev–Trinajstić information content (AvgIpc) is 2.75. The fraction of sp³-hybridized carbons (Fsp3) is 0.261. The van der Waals surface area contributed by atoms with E-state index >= 15 is 0 Å². The zero-order valence-electron chi connectivity index (χ0n) is 16.5. The molecule has 5 nitrogen and oxygen atoms in total. The van der Waals surface area contributed by atoms with E-state index in [9.17, 15) is 4.79 Å². The van der Waals surface area contributed by atoms with Crippen LogP contribution in [0.2, 0.25) is 0 Å². The van der Waals surface area contributed by atoms with Crippen molar-refractivity contribution in [1.29, 1.82) is 0 Å². The second kappa shape index (κ2) is 8.33. The number of ether oxygens (including phenoxy) is 1. The second-order valence-corrected chi connectivity index (χ2v) is 7.66. The predicted molar refractivity (Wildman–Crippen MR) is 116 cm³/mol. The van der Waals surface area contributed by atoms with Crippen LogP contribution in [0.3, 0.4) is 0 Å². The molecule has 0 saturated heterocycles. The lowest BCUT2D eigenvalue weighted by molar-refractivity contribution is 0.0725. The van der Waals surface area contributed by atoms with Crippen LogP contribution in [0.25, 0.3) is 11.1 Å². The van der Waals surface area contributed by atoms with Gasteiger partial charge in [0.05, 0.1) is 19.3 Å². The lowest BCUT2D eigenvalue weighted by Crippen LogP contribution is -2.37. The first kappa shape index (κ1) is 19.6. The van der Waals surface area contributed by atoms with E-state index in [2.05, 4.69) is 38.0 Å². The Morgan fingerprint density at radius 2 is 1.93 bits per heavy atom. The van der Waals surface area contributed by atoms with Gasteiger partial charge in [0.1, 0.15) is 5.75 Å². The molecule has 148 valence electrons. The molecule has 0 spiro atoms. The van der Waals surface area contributed by atoms with Crippen LogP contribution >= 0.6 is 15.9 Å². The summed E-state index contributed by atoms with van der Waals surface area (Å²) < 4.78 is 5.28. The molecule has 1 aliphatic rings. The van der Waals surface area contributed by atoms with Gasteiger partial charge in [0, 0.05) is 47.2 Å². The molecule has 0 radical (unpaired) electrons. The third-order valence-electron chi connectivity index (χ3n) is 5.29. The van der Waals surface area contributed by atoms with E-state index < -0.39 is 0 Å². The van der Waals surface area contributed by atoms with E-state index in [1.54, 1.807) is 19.5 Å². The Hall–Kier alpha value is -2.73. The molecule has 0 fully saturated rings. The molecule has 0 aliphatic carbocycles. The summed E-state index contributed by atoms with van der Waals surface area (Å²) in [5, 5.41) is 0.692. The quantitative estimate of drug-likeness (QED) is 0.533. The standard InChI is InChI=1S/C23H22BrN3O2/c1-15-19(4-3-7-25-15)21-10-16(13-24)11-22-20(21)6-9-27(23(22)28)14-17-12-18(29-2)5-8-26-17/h3-5,7-8,10-12H,6,9,13-14H2,1-2H3. The third-order valence-corrected chi connectivity index (χ3v) is 5.93. The SMILES string of the molecule is COc1ccnc(CN2CCc3c(cc(CBr)cc3-c3cccnc3C)C2=O)c1. The Balaban J connectivity index is 1.72. The van der Waals surface area contributed by atoms with Crippen molar-refractivity contribution >= 4 is 21.8 Å². The van der Waals surface area contributed by atoms with Crippen LogP contribution in [0.5, 0.6) is 5.75 Å². The second-order valence-electron chi connectivity index (χ2n) is 7.10. The highest BCUT2D eigenvalue weighted by atomic mass is 79.9. The first-order chi connectivity index (χ1) is 14.1. The molecule has 3 aromatic rings. The number of alkyl halides is 1. The Morgan fingerprint density at radius 1 is 1.10 bits per heavy atom. The average molecular weight is 452 g/mol. The minimum atomic E-state index is 0.0430. The van der Waals surface area contributed by atoms with Crippen LogP contribution in [-0.2, 0) is 18.3 Å². The summed E-state index contributed by atoms with van der Waals surface area (Å²) in [6.07, 6.45) is 4.31. The van der Waals surface area contributed by atoms with Crippen LogP contribution in [-0.4, -0.2) is 34.4 Å². The van der Waals surface area contributed by atoms with Gasteiger partial charge in [-0.05, 0) is 54.3 Å². The van der Waals surface area contributed by atoms with Gasteiger partial charge in [-0.25, -0.2) is 0 Å². The molecule has 0 bridgehead atoms. The van der Waals surface area contributed by atoms with Crippen LogP contribution in [0.15, 0.2) is 48.8 Å². The molecular formula is C23H22BrN3O2. The molecule has 4 rings (SSSR count). The van der Waals surface area contributed by atoms with Crippen molar-refractivity contribution in [3.8, 4) is 16.9 Å². The molecule has 0 unspecified atom stereocenters. The molecule has 2 aromatic heterocycles. The van der Waals surface area contributed by atoms with Gasteiger partial charge in [0.2, 0.25) is 0 Å². The Labute approximate surface area is 178 Å². The smallest absolute Gasteiger partial charge is 0.254 e. The highest BCUT2D eigenvalue weighted by Gasteiger charge is 2.28. The number of nitrogens with zero attached hydrogens (tertiary/aromatic N) is 3. The van der Waals surface area contributed by atoms with Gasteiger partial charge in [0.15, 0.2) is 0 Å². The molecule has 3 heterocycles. The number of halogens is 1. The van der Waals surface area contributed by atoms with E-state index in [0.717, 1.165) is 51.4 Å². The number of fused-ring (bicyclic) bond motifs is 1. The Bertz CT molecular complexity index is 1070. The summed E-state index contributed by atoms with van der Waals surface area (Å²) in [6.45, 7) is 3.13. The molecule has 1 aliphatic heterocycles. The lowest BCUT2D eigenvalue weighted by atomic mass is 9.88. The number of carbonyl (C=O) groups excluding carboxylic acids is 1. The summed E-state index contributed by atoms with van der Waals surface area (Å²) in [7, 11) is 1.63. The summed E-state index contributed by atoms with van der Waals surface area (Å²) >= 11 is 3.55. The molecule has 0 N–H and O–H groups in total. The first-order valence-corrected chi connectivity index (χ1v) is 10.6. The van der Waals surface area contributed by atoms with Crippen molar-refractivity contribution < 1.29 is 9.53 Å². The largest absolute Gasteiger partial charge is 0.497 e. The van der Waals surface area contributed by atoms with E-state index in [-0.39, 0.29) is 5.91 Å². The van der Waals surface area contributed by atoms with Crippen LogP contribution < -0.4 is 4.74 Å². The molecule has 29 heavy (non-hydrogen) atoms. The van der Waals surface area contributed by atoms with E-state index in [0.29, 0.717) is 18.4 Å². The zero-order chi connectivity index (χ0) is 20.4. The van der Waals surface area contributed by atoms with Crippen LogP contribution in [0.4, 0.5) is 0 Å². The van der Waals surface area contributed by atoms with Crippen molar-refractivity contribution in [3.63, 3.8) is 0 Å². The molecule has 0 saturated carbocycles. The topological polar surface area (TPSA) is 55.3 Å². The van der Waals surface area contributed by atoms with E-state index in [1.165, 1.54) is 0 Å². The minimum absolute atomic E-state index is 0.0430. The maximum Gasteiger partial charge on any atom is 0.254 e. The van der Waals surface area contributed by atoms with Gasteiger partial charge < -0.3 is 9.64 Å². The zero-order valence-corrected chi connectivity index (χ0v) is 18.1. The van der Waals surface area contributed by atoms with Crippen molar-refractivity contribution in [2.24, 2.45) is 0 Å². The maximum absolute atomic E-state index is 13.3. The molecule has 6 heteroatoms. The summed E-state index contributed by atoms with van der Waals surface area (Å²) in [5.74, 6) is 0.789. The number of amides is 1. The van der Waals surface area contributed by atoms with Gasteiger partial charge >= 0.3 is 0 Å². The molecule has 1 amide bonds. The fourth-order valence-corrected chi connectivity index (χ4v) is 4.14. The molecule has 0 atom stereocenters. The van der Waals surface area contributed by atoms with Crippen molar-refractivity contribution in [2.75, 3.05) is 13.7 Å². The number of rotatable bonds is 5. The number of aryl methyl sites for hydroxylation is 1. The maximum atomic E-state index is 13.3. The van der Waals surface area contributed by atoms with Gasteiger partial charge in [-0.3, -0.25) is 14.8 Å². The Morgan fingerprint density at radius 3 is 2.69 bits per heavy atom. The van der Waals surface area contributed by atoms with Crippen LogP contribution in [0.1, 0.15) is 32.9 Å². The van der Waals surface area contributed by atoms with Gasteiger partial charge in [-0.2, -0.15) is 0 Å². The monoisotopic (exact) mass is 451 g/mol. The van der Waals surface area contributed by atoms with E-state index in [4.69, 9.17) is 4.74 Å². The van der Waals surface area contributed by atoms with E-state index in [1.807, 2.05) is 36.1 Å². The number of carbonyl (C=O) groups is 1. The number of methoxy groups -OCH3 is 1. The van der Waals surface area contributed by atoms with Crippen LogP contribution in [0, 0.1) is 6.92 Å². The fourth-order valence-electron chi connectivity index (χ4n) is 3.81. The number of hydrogen-bond donors (Lipinski definition) is 0. The molecular weight excluding hydrogens is 430 g/mol. The predicted octanol–water partition coefficient (Wildman–Crippen LogP) is 4.55. The number of aromatic nitrogens is 2. The van der Waals surface area contributed by atoms with Crippen molar-refractivity contribution in [1.82, 2.24) is 14.9 Å². The van der Waals surface area contributed by atoms with Crippen molar-refractivity contribution in [3.05, 3.63) is 76.9 Å². The number of pyridine rings is 2. The van der Waals surface area contributed by atoms with Crippen molar-refractivity contribution in [2.45, 2.75) is 25.2 Å². The Kier molecular flexibility index (Phi) is 5.62. The highest BCUT2D eigenvalue weighted by Crippen LogP contribution is 2.34. The minimum Gasteiger partial charge on any atom is -0.497 e. The van der Waals surface area contributed by atoms with Gasteiger partial charge in [-0.1, -0.05) is 22.0 Å². The summed E-state index contributed by atoms with van der Waals surface area (Å²) in [5.41, 5.74) is 6.94. The summed E-state index contributed by atoms with van der Waals surface area (Å²) in [4.78, 5) is 24.0. The summed E-state index contributed by atoms with van der Waals surface area (Å²) in [6, 6.07) is 11.9. The molecule has 1 aromatic carbocycles. The number of hydrogen-bond acceptors (Lipinski definition) is 4. The normalized spacial score (nSPS) is 13.3.